The average Bonchev–Trinajstić information content (AvgIpc) is 2.94. The molecular formula is C21H31NO3. The predicted molar refractivity (Wildman–Crippen MR) is 98.2 cm³/mol. The van der Waals surface area contributed by atoms with Gasteiger partial charge in [-0.2, -0.15) is 0 Å². The van der Waals surface area contributed by atoms with Gasteiger partial charge in [-0.1, -0.05) is 43.2 Å². The molecule has 25 heavy (non-hydrogen) atoms. The summed E-state index contributed by atoms with van der Waals surface area (Å²) in [5.41, 5.74) is -0.769. The maximum Gasteiger partial charge on any atom is 0.410 e. The molecule has 1 aromatic carbocycles. The highest BCUT2D eigenvalue weighted by Gasteiger charge is 2.52. The van der Waals surface area contributed by atoms with Gasteiger partial charge in [0.2, 0.25) is 0 Å². The van der Waals surface area contributed by atoms with E-state index in [0.29, 0.717) is 5.92 Å². The minimum Gasteiger partial charge on any atom is -0.444 e. The molecule has 4 heteroatoms. The average molecular weight is 345 g/mol. The summed E-state index contributed by atoms with van der Waals surface area (Å²) in [6.07, 6.45) is 5.04. The Morgan fingerprint density at radius 3 is 2.40 bits per heavy atom. The van der Waals surface area contributed by atoms with Crippen molar-refractivity contribution in [3.8, 4) is 0 Å². The van der Waals surface area contributed by atoms with Gasteiger partial charge in [0.05, 0.1) is 6.04 Å². The van der Waals surface area contributed by atoms with Gasteiger partial charge in [-0.25, -0.2) is 4.79 Å². The highest BCUT2D eigenvalue weighted by molar-refractivity contribution is 5.70. The minimum absolute atomic E-state index is 0.184. The van der Waals surface area contributed by atoms with Crippen LogP contribution in [0, 0.1) is 5.92 Å². The molecule has 4 atom stereocenters. The number of carbonyl (C=O) groups is 1. The molecule has 4 nitrogen and oxygen atoms in total. The Bertz CT molecular complexity index is 605. The Balaban J connectivity index is 1.93. The fourth-order valence-corrected chi connectivity index (χ4v) is 4.51. The first-order valence-corrected chi connectivity index (χ1v) is 9.49. The van der Waals surface area contributed by atoms with Crippen molar-refractivity contribution in [2.24, 2.45) is 5.92 Å². The van der Waals surface area contributed by atoms with E-state index in [1.807, 2.05) is 62.9 Å². The van der Waals surface area contributed by atoms with Gasteiger partial charge in [-0.3, -0.25) is 4.90 Å². The number of hydrogen-bond donors (Lipinski definition) is 1. The fourth-order valence-electron chi connectivity index (χ4n) is 4.51. The third-order valence-corrected chi connectivity index (χ3v) is 5.70. The van der Waals surface area contributed by atoms with E-state index in [1.165, 1.54) is 6.42 Å². The van der Waals surface area contributed by atoms with Gasteiger partial charge in [-0.15, -0.1) is 0 Å². The Morgan fingerprint density at radius 2 is 1.76 bits per heavy atom. The maximum absolute atomic E-state index is 13.0. The monoisotopic (exact) mass is 345 g/mol. The molecule has 0 radical (unpaired) electrons. The standard InChI is InChI=1S/C21H31NO3/c1-20(2,3)25-19(23)22-17-13-9-8-10-15(17)14-18(22)21(4,24)16-11-6-5-7-12-16/h5-7,11-12,15,17-18,24H,8-10,13-14H2,1-4H3/t15-,17-,18-,21+/m0/s1. The molecule has 0 aromatic heterocycles. The van der Waals surface area contributed by atoms with Crippen molar-refractivity contribution in [3.05, 3.63) is 35.9 Å². The van der Waals surface area contributed by atoms with Crippen molar-refractivity contribution >= 4 is 6.09 Å². The lowest BCUT2D eigenvalue weighted by molar-refractivity contribution is -0.0464. The van der Waals surface area contributed by atoms with Crippen molar-refractivity contribution in [2.45, 2.75) is 83.1 Å². The topological polar surface area (TPSA) is 49.8 Å². The third-order valence-electron chi connectivity index (χ3n) is 5.70. The number of benzene rings is 1. The van der Waals surface area contributed by atoms with Crippen LogP contribution in [0.3, 0.4) is 0 Å². The van der Waals surface area contributed by atoms with Gasteiger partial charge in [0.1, 0.15) is 11.2 Å². The molecule has 1 saturated heterocycles. The van der Waals surface area contributed by atoms with Crippen molar-refractivity contribution in [1.82, 2.24) is 4.90 Å². The molecule has 2 aliphatic rings. The number of carbonyl (C=O) groups excluding carboxylic acids is 1. The lowest BCUT2D eigenvalue weighted by Crippen LogP contribution is -2.52. The largest absolute Gasteiger partial charge is 0.444 e. The molecule has 3 rings (SSSR count). The van der Waals surface area contributed by atoms with Crippen molar-refractivity contribution in [1.29, 1.82) is 0 Å². The van der Waals surface area contributed by atoms with Gasteiger partial charge in [0.15, 0.2) is 0 Å². The molecule has 0 unspecified atom stereocenters. The van der Waals surface area contributed by atoms with Crippen LogP contribution in [0.5, 0.6) is 0 Å². The van der Waals surface area contributed by atoms with E-state index in [9.17, 15) is 9.90 Å². The number of likely N-dealkylation sites (tertiary alicyclic amines) is 1. The summed E-state index contributed by atoms with van der Waals surface area (Å²) in [6, 6.07) is 9.62. The number of hydrogen-bond acceptors (Lipinski definition) is 3. The van der Waals surface area contributed by atoms with Gasteiger partial charge < -0.3 is 9.84 Å². The first kappa shape index (κ1) is 18.2. The van der Waals surface area contributed by atoms with Gasteiger partial charge in [-0.05, 0) is 58.4 Å². The lowest BCUT2D eigenvalue weighted by Gasteiger charge is -2.40. The smallest absolute Gasteiger partial charge is 0.410 e. The normalized spacial score (nSPS) is 29.0. The van der Waals surface area contributed by atoms with E-state index in [4.69, 9.17) is 4.74 Å². The van der Waals surface area contributed by atoms with E-state index in [1.54, 1.807) is 0 Å². The molecule has 1 aliphatic carbocycles. The number of aliphatic hydroxyl groups is 1. The van der Waals surface area contributed by atoms with E-state index in [0.717, 1.165) is 31.2 Å². The Kier molecular flexibility index (Phi) is 4.84. The second-order valence-corrected chi connectivity index (χ2v) is 8.76. The maximum atomic E-state index is 13.0. The number of nitrogens with zero attached hydrogens (tertiary/aromatic N) is 1. The summed E-state index contributed by atoms with van der Waals surface area (Å²) < 4.78 is 5.71. The summed E-state index contributed by atoms with van der Waals surface area (Å²) >= 11 is 0. The van der Waals surface area contributed by atoms with Gasteiger partial charge in [0, 0.05) is 6.04 Å². The minimum atomic E-state index is -1.09. The Labute approximate surface area is 151 Å². The molecule has 1 N–H and O–H groups in total. The number of fused-ring (bicyclic) bond motifs is 1. The van der Waals surface area contributed by atoms with Crippen LogP contribution in [-0.2, 0) is 10.3 Å². The van der Waals surface area contributed by atoms with E-state index in [-0.39, 0.29) is 18.2 Å². The molecule has 0 spiro atoms. The zero-order valence-corrected chi connectivity index (χ0v) is 15.9. The SMILES string of the molecule is CC(C)(C)OC(=O)N1[C@H]([C@](C)(O)c2ccccc2)C[C@@H]2CCCC[C@@H]21. The highest BCUT2D eigenvalue weighted by atomic mass is 16.6. The molecule has 2 fully saturated rings. The summed E-state index contributed by atoms with van der Waals surface area (Å²) in [5.74, 6) is 0.460. The van der Waals surface area contributed by atoms with Crippen molar-refractivity contribution in [2.75, 3.05) is 0 Å². The van der Waals surface area contributed by atoms with Crippen LogP contribution in [0.1, 0.15) is 65.4 Å². The zero-order valence-electron chi connectivity index (χ0n) is 15.9. The predicted octanol–water partition coefficient (Wildman–Crippen LogP) is 4.46. The summed E-state index contributed by atoms with van der Waals surface area (Å²) in [6.45, 7) is 7.51. The molecule has 0 bridgehead atoms. The Morgan fingerprint density at radius 1 is 1.12 bits per heavy atom. The van der Waals surface area contributed by atoms with Crippen LogP contribution in [0.2, 0.25) is 0 Å². The van der Waals surface area contributed by atoms with Crippen LogP contribution in [0.4, 0.5) is 4.79 Å². The second kappa shape index (κ2) is 6.64. The van der Waals surface area contributed by atoms with Crippen molar-refractivity contribution in [3.63, 3.8) is 0 Å². The van der Waals surface area contributed by atoms with Crippen LogP contribution in [0.25, 0.3) is 0 Å². The van der Waals surface area contributed by atoms with E-state index >= 15 is 0 Å². The van der Waals surface area contributed by atoms with Crippen molar-refractivity contribution < 1.29 is 14.6 Å². The van der Waals surface area contributed by atoms with Gasteiger partial charge >= 0.3 is 6.09 Å². The molecule has 1 saturated carbocycles. The molecule has 1 aliphatic heterocycles. The second-order valence-electron chi connectivity index (χ2n) is 8.76. The quantitative estimate of drug-likeness (QED) is 0.861. The molecule has 1 aromatic rings. The molecular weight excluding hydrogens is 314 g/mol. The van der Waals surface area contributed by atoms with Gasteiger partial charge in [0.25, 0.3) is 0 Å². The first-order valence-electron chi connectivity index (χ1n) is 9.49. The lowest BCUT2D eigenvalue weighted by atomic mass is 9.81. The Hall–Kier alpha value is -1.55. The van der Waals surface area contributed by atoms with Crippen LogP contribution < -0.4 is 0 Å². The first-order chi connectivity index (χ1) is 11.7. The summed E-state index contributed by atoms with van der Waals surface area (Å²) in [5, 5.41) is 11.4. The van der Waals surface area contributed by atoms with Crippen LogP contribution >= 0.6 is 0 Å². The number of ether oxygens (including phenoxy) is 1. The third kappa shape index (κ3) is 3.69. The van der Waals surface area contributed by atoms with E-state index < -0.39 is 11.2 Å². The number of rotatable bonds is 2. The molecule has 1 amide bonds. The molecule has 138 valence electrons. The summed E-state index contributed by atoms with van der Waals surface area (Å²) in [7, 11) is 0. The van der Waals surface area contributed by atoms with Crippen LogP contribution in [0.15, 0.2) is 30.3 Å². The highest BCUT2D eigenvalue weighted by Crippen LogP contribution is 2.46. The summed E-state index contributed by atoms with van der Waals surface area (Å²) in [4.78, 5) is 14.9. The van der Waals surface area contributed by atoms with Crippen LogP contribution in [-0.4, -0.2) is 33.8 Å². The fraction of sp³-hybridized carbons (Fsp3) is 0.667. The van der Waals surface area contributed by atoms with E-state index in [2.05, 4.69) is 0 Å². The number of amides is 1. The molecule has 1 heterocycles. The zero-order chi connectivity index (χ0) is 18.2.